The van der Waals surface area contributed by atoms with Gasteiger partial charge in [-0.3, -0.25) is 0 Å². The lowest BCUT2D eigenvalue weighted by molar-refractivity contribution is 0.510. The van der Waals surface area contributed by atoms with Crippen LogP contribution in [0.2, 0.25) is 0 Å². The Balaban J connectivity index is 1.74. The van der Waals surface area contributed by atoms with E-state index >= 15 is 0 Å². The van der Waals surface area contributed by atoms with Gasteiger partial charge in [-0.1, -0.05) is 6.07 Å². The van der Waals surface area contributed by atoms with Crippen LogP contribution < -0.4 is 10.2 Å². The predicted octanol–water partition coefficient (Wildman–Crippen LogP) is 2.65. The summed E-state index contributed by atoms with van der Waals surface area (Å²) in [4.78, 5) is 2.13. The van der Waals surface area contributed by atoms with Crippen molar-refractivity contribution >= 4 is 5.69 Å². The summed E-state index contributed by atoms with van der Waals surface area (Å²) >= 11 is 0. The molecule has 1 aromatic rings. The summed E-state index contributed by atoms with van der Waals surface area (Å²) in [6, 6.07) is 6.81. The summed E-state index contributed by atoms with van der Waals surface area (Å²) in [5.74, 6) is 0.685. The van der Waals surface area contributed by atoms with Gasteiger partial charge in [0.05, 0.1) is 0 Å². The van der Waals surface area contributed by atoms with Crippen LogP contribution in [-0.4, -0.2) is 26.7 Å². The fourth-order valence-corrected chi connectivity index (χ4v) is 2.42. The van der Waals surface area contributed by atoms with Gasteiger partial charge in [0.25, 0.3) is 0 Å². The smallest absolute Gasteiger partial charge is 0.125 e. The van der Waals surface area contributed by atoms with E-state index in [2.05, 4.69) is 10.2 Å². The van der Waals surface area contributed by atoms with Gasteiger partial charge in [0, 0.05) is 19.3 Å². The van der Waals surface area contributed by atoms with Crippen molar-refractivity contribution in [3.8, 4) is 0 Å². The van der Waals surface area contributed by atoms with Gasteiger partial charge in [0.15, 0.2) is 0 Å². The van der Waals surface area contributed by atoms with Gasteiger partial charge in [-0.05, 0) is 56.5 Å². The van der Waals surface area contributed by atoms with Crippen LogP contribution in [0, 0.1) is 11.7 Å². The quantitative estimate of drug-likeness (QED) is 0.845. The molecule has 0 saturated carbocycles. The predicted molar refractivity (Wildman–Crippen MR) is 69.9 cm³/mol. The van der Waals surface area contributed by atoms with Gasteiger partial charge in [-0.25, -0.2) is 4.39 Å². The molecule has 0 amide bonds. The van der Waals surface area contributed by atoms with E-state index < -0.39 is 0 Å². The van der Waals surface area contributed by atoms with Crippen LogP contribution in [0.25, 0.3) is 0 Å². The SMILES string of the molecule is CN(CCCC1CCNC1)c1cccc(F)c1. The maximum absolute atomic E-state index is 13.1. The van der Waals surface area contributed by atoms with Crippen molar-refractivity contribution in [1.82, 2.24) is 5.32 Å². The van der Waals surface area contributed by atoms with Crippen molar-refractivity contribution in [3.05, 3.63) is 30.1 Å². The van der Waals surface area contributed by atoms with E-state index in [1.165, 1.54) is 38.4 Å². The number of rotatable bonds is 5. The lowest BCUT2D eigenvalue weighted by atomic mass is 10.0. The van der Waals surface area contributed by atoms with Gasteiger partial charge in [-0.15, -0.1) is 0 Å². The third kappa shape index (κ3) is 3.70. The van der Waals surface area contributed by atoms with E-state index in [-0.39, 0.29) is 5.82 Å². The lowest BCUT2D eigenvalue weighted by Gasteiger charge is -2.20. The lowest BCUT2D eigenvalue weighted by Crippen LogP contribution is -2.19. The monoisotopic (exact) mass is 236 g/mol. The Morgan fingerprint density at radius 3 is 3.06 bits per heavy atom. The first-order valence-corrected chi connectivity index (χ1v) is 6.43. The Kier molecular flexibility index (Phi) is 4.37. The minimum Gasteiger partial charge on any atom is -0.375 e. The van der Waals surface area contributed by atoms with E-state index in [1.54, 1.807) is 12.1 Å². The van der Waals surface area contributed by atoms with Crippen molar-refractivity contribution in [1.29, 1.82) is 0 Å². The second kappa shape index (κ2) is 6.01. The fourth-order valence-electron chi connectivity index (χ4n) is 2.42. The van der Waals surface area contributed by atoms with Crippen molar-refractivity contribution in [3.63, 3.8) is 0 Å². The highest BCUT2D eigenvalue weighted by Gasteiger charge is 2.13. The number of nitrogens with one attached hydrogen (secondary N) is 1. The first kappa shape index (κ1) is 12.4. The molecule has 1 aliphatic heterocycles. The van der Waals surface area contributed by atoms with Gasteiger partial charge in [0.2, 0.25) is 0 Å². The summed E-state index contributed by atoms with van der Waals surface area (Å²) in [7, 11) is 2.03. The van der Waals surface area contributed by atoms with Crippen molar-refractivity contribution in [2.75, 3.05) is 31.6 Å². The van der Waals surface area contributed by atoms with E-state index in [0.29, 0.717) is 0 Å². The highest BCUT2D eigenvalue weighted by Crippen LogP contribution is 2.17. The topological polar surface area (TPSA) is 15.3 Å². The Hall–Kier alpha value is -1.09. The summed E-state index contributed by atoms with van der Waals surface area (Å²) in [5.41, 5.74) is 0.967. The Labute approximate surface area is 103 Å². The number of benzene rings is 1. The Morgan fingerprint density at radius 2 is 2.35 bits per heavy atom. The molecule has 1 saturated heterocycles. The molecule has 1 N–H and O–H groups in total. The zero-order valence-corrected chi connectivity index (χ0v) is 10.5. The van der Waals surface area contributed by atoms with Crippen LogP contribution in [-0.2, 0) is 0 Å². The normalized spacial score (nSPS) is 19.5. The van der Waals surface area contributed by atoms with Crippen LogP contribution in [0.4, 0.5) is 10.1 Å². The molecule has 1 aromatic carbocycles. The molecule has 1 atom stereocenters. The first-order valence-electron chi connectivity index (χ1n) is 6.43. The van der Waals surface area contributed by atoms with E-state index in [1.807, 2.05) is 13.1 Å². The number of halogens is 1. The highest BCUT2D eigenvalue weighted by molar-refractivity contribution is 5.45. The molecule has 1 heterocycles. The van der Waals surface area contributed by atoms with Gasteiger partial charge < -0.3 is 10.2 Å². The third-order valence-corrected chi connectivity index (χ3v) is 3.52. The van der Waals surface area contributed by atoms with Gasteiger partial charge >= 0.3 is 0 Å². The van der Waals surface area contributed by atoms with Crippen molar-refractivity contribution < 1.29 is 4.39 Å². The second-order valence-corrected chi connectivity index (χ2v) is 4.90. The second-order valence-electron chi connectivity index (χ2n) is 4.90. The molecule has 2 rings (SSSR count). The molecule has 3 heteroatoms. The van der Waals surface area contributed by atoms with E-state index in [9.17, 15) is 4.39 Å². The minimum absolute atomic E-state index is 0.158. The van der Waals surface area contributed by atoms with Crippen molar-refractivity contribution in [2.45, 2.75) is 19.3 Å². The maximum Gasteiger partial charge on any atom is 0.125 e. The Morgan fingerprint density at radius 1 is 1.47 bits per heavy atom. The molecule has 0 spiro atoms. The molecule has 2 nitrogen and oxygen atoms in total. The number of hydrogen-bond acceptors (Lipinski definition) is 2. The zero-order chi connectivity index (χ0) is 12.1. The molecule has 94 valence electrons. The molecule has 1 unspecified atom stereocenters. The standard InChI is InChI=1S/C14H21FN2/c1-17(14-6-2-5-13(15)10-14)9-3-4-12-7-8-16-11-12/h2,5-6,10,12,16H,3-4,7-9,11H2,1H3. The molecular formula is C14H21FN2. The summed E-state index contributed by atoms with van der Waals surface area (Å²) in [5, 5.41) is 3.39. The van der Waals surface area contributed by atoms with E-state index in [4.69, 9.17) is 0 Å². The number of nitrogens with zero attached hydrogens (tertiary/aromatic N) is 1. The first-order chi connectivity index (χ1) is 8.25. The molecule has 1 aliphatic rings. The highest BCUT2D eigenvalue weighted by atomic mass is 19.1. The third-order valence-electron chi connectivity index (χ3n) is 3.52. The van der Waals surface area contributed by atoms with Crippen LogP contribution in [0.15, 0.2) is 24.3 Å². The van der Waals surface area contributed by atoms with Crippen LogP contribution in [0.5, 0.6) is 0 Å². The minimum atomic E-state index is -0.158. The molecule has 0 bridgehead atoms. The molecule has 0 aliphatic carbocycles. The fraction of sp³-hybridized carbons (Fsp3) is 0.571. The average Bonchev–Trinajstić information content (AvgIpc) is 2.82. The molecule has 0 aromatic heterocycles. The largest absolute Gasteiger partial charge is 0.375 e. The van der Waals surface area contributed by atoms with Crippen LogP contribution in [0.1, 0.15) is 19.3 Å². The summed E-state index contributed by atoms with van der Waals surface area (Å²) in [6.07, 6.45) is 3.76. The van der Waals surface area contributed by atoms with E-state index in [0.717, 1.165) is 18.2 Å². The van der Waals surface area contributed by atoms with Gasteiger partial charge in [0.1, 0.15) is 5.82 Å². The average molecular weight is 236 g/mol. The van der Waals surface area contributed by atoms with Crippen LogP contribution >= 0.6 is 0 Å². The summed E-state index contributed by atoms with van der Waals surface area (Å²) < 4.78 is 13.1. The zero-order valence-electron chi connectivity index (χ0n) is 10.5. The number of hydrogen-bond donors (Lipinski definition) is 1. The van der Waals surface area contributed by atoms with Gasteiger partial charge in [-0.2, -0.15) is 0 Å². The van der Waals surface area contributed by atoms with Crippen LogP contribution in [0.3, 0.4) is 0 Å². The summed E-state index contributed by atoms with van der Waals surface area (Å²) in [6.45, 7) is 3.34. The molecule has 17 heavy (non-hydrogen) atoms. The molecular weight excluding hydrogens is 215 g/mol. The van der Waals surface area contributed by atoms with Crippen molar-refractivity contribution in [2.24, 2.45) is 5.92 Å². The molecule has 1 fully saturated rings. The molecule has 0 radical (unpaired) electrons. The Bertz CT molecular complexity index is 348. The number of anilines is 1. The maximum atomic E-state index is 13.1.